The molecule has 162 valence electrons. The Balaban J connectivity index is 2.06. The van der Waals surface area contributed by atoms with E-state index in [4.69, 9.17) is 11.6 Å². The molecule has 2 atom stereocenters. The topological polar surface area (TPSA) is 78.7 Å². The number of anilines is 2. The fourth-order valence-electron chi connectivity index (χ4n) is 3.77. The molecule has 30 heavy (non-hydrogen) atoms. The third-order valence-corrected chi connectivity index (χ3v) is 6.66. The SMILES string of the molecule is C=CCC1C(c2cc(N(C)c3ccc(Cl)s3)n(C(=O)C(C)(C)C)n2)CCN1C(=O)O. The summed E-state index contributed by atoms with van der Waals surface area (Å²) in [6.07, 6.45) is 1.97. The van der Waals surface area contributed by atoms with Gasteiger partial charge in [0.2, 0.25) is 0 Å². The number of carbonyl (C=O) groups excluding carboxylic acids is 1. The first-order valence-electron chi connectivity index (χ1n) is 9.79. The first-order chi connectivity index (χ1) is 14.0. The molecule has 1 saturated heterocycles. The van der Waals surface area contributed by atoms with Gasteiger partial charge in [-0.3, -0.25) is 4.79 Å². The number of nitrogens with zero attached hydrogens (tertiary/aromatic N) is 4. The van der Waals surface area contributed by atoms with Gasteiger partial charge >= 0.3 is 6.09 Å². The smallest absolute Gasteiger partial charge is 0.407 e. The summed E-state index contributed by atoms with van der Waals surface area (Å²) in [4.78, 5) is 28.2. The molecule has 1 fully saturated rings. The van der Waals surface area contributed by atoms with E-state index in [0.29, 0.717) is 35.2 Å². The van der Waals surface area contributed by atoms with Gasteiger partial charge in [-0.05, 0) is 25.0 Å². The van der Waals surface area contributed by atoms with Crippen molar-refractivity contribution < 1.29 is 14.7 Å². The number of carbonyl (C=O) groups is 2. The molecule has 0 bridgehead atoms. The third kappa shape index (κ3) is 4.25. The van der Waals surface area contributed by atoms with Crippen molar-refractivity contribution in [2.75, 3.05) is 18.5 Å². The largest absolute Gasteiger partial charge is 0.465 e. The Bertz CT molecular complexity index is 962. The van der Waals surface area contributed by atoms with Crippen LogP contribution in [0.3, 0.4) is 0 Å². The molecule has 1 aliphatic rings. The number of halogens is 1. The summed E-state index contributed by atoms with van der Waals surface area (Å²) < 4.78 is 2.10. The molecule has 1 amide bonds. The van der Waals surface area contributed by atoms with Crippen LogP contribution in [-0.4, -0.2) is 51.4 Å². The highest BCUT2D eigenvalue weighted by Gasteiger charge is 2.40. The van der Waals surface area contributed by atoms with Crippen LogP contribution >= 0.6 is 22.9 Å². The van der Waals surface area contributed by atoms with Crippen LogP contribution in [0.4, 0.5) is 15.6 Å². The molecule has 1 N–H and O–H groups in total. The van der Waals surface area contributed by atoms with Crippen LogP contribution in [0.1, 0.15) is 50.0 Å². The van der Waals surface area contributed by atoms with Crippen LogP contribution in [0.25, 0.3) is 0 Å². The molecule has 1 aliphatic heterocycles. The lowest BCUT2D eigenvalue weighted by Gasteiger charge is -2.24. The quantitative estimate of drug-likeness (QED) is 0.611. The molecule has 0 aromatic carbocycles. The summed E-state index contributed by atoms with van der Waals surface area (Å²) in [6.45, 7) is 9.77. The maximum atomic E-state index is 13.2. The summed E-state index contributed by atoms with van der Waals surface area (Å²) in [5.41, 5.74) is 0.0858. The van der Waals surface area contributed by atoms with Crippen LogP contribution in [-0.2, 0) is 0 Å². The summed E-state index contributed by atoms with van der Waals surface area (Å²) in [7, 11) is 1.87. The standard InChI is InChI=1S/C21H27ClN4O3S/c1-6-7-15-13(10-11-25(15)20(28)29)14-12-17(24(5)18-9-8-16(22)30-18)26(23-14)19(27)21(2,3)4/h6,8-9,12-13,15H,1,7,10-11H2,2-5H3,(H,28,29). The molecule has 7 nitrogen and oxygen atoms in total. The van der Waals surface area contributed by atoms with E-state index in [0.717, 1.165) is 5.00 Å². The zero-order valence-corrected chi connectivity index (χ0v) is 19.2. The van der Waals surface area contributed by atoms with Crippen LogP contribution in [0.5, 0.6) is 0 Å². The van der Waals surface area contributed by atoms with E-state index in [9.17, 15) is 14.7 Å². The Morgan fingerprint density at radius 1 is 1.43 bits per heavy atom. The van der Waals surface area contributed by atoms with Crippen LogP contribution in [0.15, 0.2) is 30.9 Å². The Morgan fingerprint density at radius 3 is 2.67 bits per heavy atom. The van der Waals surface area contributed by atoms with E-state index in [-0.39, 0.29) is 17.9 Å². The van der Waals surface area contributed by atoms with Crippen molar-refractivity contribution in [2.45, 2.75) is 45.6 Å². The maximum absolute atomic E-state index is 13.2. The lowest BCUT2D eigenvalue weighted by atomic mass is 9.94. The highest BCUT2D eigenvalue weighted by molar-refractivity contribution is 7.20. The molecule has 3 heterocycles. The van der Waals surface area contributed by atoms with Crippen molar-refractivity contribution in [3.8, 4) is 0 Å². The Morgan fingerprint density at radius 2 is 2.13 bits per heavy atom. The number of hydrogen-bond donors (Lipinski definition) is 1. The first-order valence-corrected chi connectivity index (χ1v) is 11.0. The third-order valence-electron chi connectivity index (χ3n) is 5.36. The molecule has 0 saturated carbocycles. The average molecular weight is 451 g/mol. The number of likely N-dealkylation sites (tertiary alicyclic amines) is 1. The lowest BCUT2D eigenvalue weighted by Crippen LogP contribution is -2.36. The van der Waals surface area contributed by atoms with E-state index >= 15 is 0 Å². The van der Waals surface area contributed by atoms with Gasteiger partial charge < -0.3 is 14.9 Å². The molecule has 0 spiro atoms. The minimum atomic E-state index is -0.944. The number of hydrogen-bond acceptors (Lipinski definition) is 5. The van der Waals surface area contributed by atoms with E-state index in [1.807, 2.05) is 50.9 Å². The fourth-order valence-corrected chi connectivity index (χ4v) is 4.78. The van der Waals surface area contributed by atoms with E-state index in [1.165, 1.54) is 20.9 Å². The van der Waals surface area contributed by atoms with Gasteiger partial charge in [-0.15, -0.1) is 17.9 Å². The van der Waals surface area contributed by atoms with Gasteiger partial charge in [0.1, 0.15) is 5.82 Å². The predicted octanol–water partition coefficient (Wildman–Crippen LogP) is 5.46. The second-order valence-electron chi connectivity index (χ2n) is 8.49. The van der Waals surface area contributed by atoms with Crippen molar-refractivity contribution in [2.24, 2.45) is 5.41 Å². The summed E-state index contributed by atoms with van der Waals surface area (Å²) in [6, 6.07) is 5.35. The second kappa shape index (κ2) is 8.43. The van der Waals surface area contributed by atoms with Crippen LogP contribution in [0, 0.1) is 5.41 Å². The van der Waals surface area contributed by atoms with Crippen molar-refractivity contribution >= 4 is 45.8 Å². The number of carboxylic acid groups (broad SMARTS) is 1. The van der Waals surface area contributed by atoms with E-state index < -0.39 is 11.5 Å². The highest BCUT2D eigenvalue weighted by Crippen LogP contribution is 2.39. The molecule has 3 rings (SSSR count). The van der Waals surface area contributed by atoms with Crippen molar-refractivity contribution in [1.82, 2.24) is 14.7 Å². The molecule has 0 radical (unpaired) electrons. The molecule has 2 aromatic heterocycles. The fraction of sp³-hybridized carbons (Fsp3) is 0.476. The van der Waals surface area contributed by atoms with Gasteiger partial charge in [0.25, 0.3) is 5.91 Å². The zero-order valence-electron chi connectivity index (χ0n) is 17.6. The van der Waals surface area contributed by atoms with E-state index in [2.05, 4.69) is 11.7 Å². The number of rotatable bonds is 5. The van der Waals surface area contributed by atoms with Gasteiger partial charge in [0, 0.05) is 37.0 Å². The molecule has 2 aromatic rings. The van der Waals surface area contributed by atoms with Crippen molar-refractivity contribution in [3.63, 3.8) is 0 Å². The molecule has 0 aliphatic carbocycles. The Kier molecular flexibility index (Phi) is 6.29. The Labute approximate surface area is 185 Å². The van der Waals surface area contributed by atoms with Crippen molar-refractivity contribution in [1.29, 1.82) is 0 Å². The highest BCUT2D eigenvalue weighted by atomic mass is 35.5. The van der Waals surface area contributed by atoms with Crippen LogP contribution < -0.4 is 4.90 Å². The minimum Gasteiger partial charge on any atom is -0.465 e. The zero-order chi connectivity index (χ0) is 22.2. The predicted molar refractivity (Wildman–Crippen MR) is 120 cm³/mol. The monoisotopic (exact) mass is 450 g/mol. The molecule has 2 unspecified atom stereocenters. The van der Waals surface area contributed by atoms with Crippen molar-refractivity contribution in [3.05, 3.63) is 40.9 Å². The van der Waals surface area contributed by atoms with Gasteiger partial charge in [-0.1, -0.05) is 38.4 Å². The lowest BCUT2D eigenvalue weighted by molar-refractivity contribution is 0.0750. The number of amides is 1. The van der Waals surface area contributed by atoms with E-state index in [1.54, 1.807) is 6.08 Å². The molecular formula is C21H27ClN4O3S. The molecular weight excluding hydrogens is 424 g/mol. The van der Waals surface area contributed by atoms with Gasteiger partial charge in [0.15, 0.2) is 0 Å². The Hall–Kier alpha value is -2.32. The minimum absolute atomic E-state index is 0.104. The first kappa shape index (κ1) is 22.4. The number of thiophene rings is 1. The summed E-state index contributed by atoms with van der Waals surface area (Å²) >= 11 is 7.52. The second-order valence-corrected chi connectivity index (χ2v) is 10.2. The average Bonchev–Trinajstić information content (AvgIpc) is 3.37. The van der Waals surface area contributed by atoms with Crippen LogP contribution in [0.2, 0.25) is 4.34 Å². The normalized spacial score (nSPS) is 19.2. The van der Waals surface area contributed by atoms with Gasteiger partial charge in [-0.2, -0.15) is 9.78 Å². The van der Waals surface area contributed by atoms with Gasteiger partial charge in [-0.25, -0.2) is 4.79 Å². The maximum Gasteiger partial charge on any atom is 0.407 e. The number of aromatic nitrogens is 2. The summed E-state index contributed by atoms with van der Waals surface area (Å²) in [5.74, 6) is 0.397. The summed E-state index contributed by atoms with van der Waals surface area (Å²) in [5, 5.41) is 15.1. The molecule has 9 heteroatoms. The van der Waals surface area contributed by atoms with Gasteiger partial charge in [0.05, 0.1) is 15.0 Å².